The van der Waals surface area contributed by atoms with Crippen LogP contribution < -0.4 is 10.2 Å². The maximum Gasteiger partial charge on any atom is 0.234 e. The molecule has 4 heterocycles. The fourth-order valence-electron chi connectivity index (χ4n) is 3.25. The van der Waals surface area contributed by atoms with E-state index in [9.17, 15) is 0 Å². The molecule has 31 heavy (non-hydrogen) atoms. The van der Waals surface area contributed by atoms with Gasteiger partial charge in [-0.05, 0) is 42.4 Å². The zero-order chi connectivity index (χ0) is 21.0. The molecule has 0 amide bonds. The molecule has 158 valence electrons. The summed E-state index contributed by atoms with van der Waals surface area (Å²) in [7, 11) is 2.14. The number of aromatic nitrogens is 5. The van der Waals surface area contributed by atoms with Gasteiger partial charge in [0.2, 0.25) is 11.9 Å². The smallest absolute Gasteiger partial charge is 0.234 e. The summed E-state index contributed by atoms with van der Waals surface area (Å²) in [5.74, 6) is 1.86. The Morgan fingerprint density at radius 3 is 2.61 bits per heavy atom. The number of rotatable bonds is 6. The van der Waals surface area contributed by atoms with Crippen LogP contribution in [0.25, 0.3) is 10.6 Å². The van der Waals surface area contributed by atoms with Gasteiger partial charge in [0.25, 0.3) is 0 Å². The largest absolute Gasteiger partial charge is 0.338 e. The Labute approximate surface area is 188 Å². The van der Waals surface area contributed by atoms with Crippen LogP contribution in [0.3, 0.4) is 0 Å². The Bertz CT molecular complexity index is 1120. The van der Waals surface area contributed by atoms with Crippen molar-refractivity contribution in [3.63, 3.8) is 0 Å². The van der Waals surface area contributed by atoms with Crippen molar-refractivity contribution in [1.82, 2.24) is 30.0 Å². The van der Waals surface area contributed by atoms with Crippen LogP contribution in [0.4, 0.5) is 17.7 Å². The second-order valence-corrected chi connectivity index (χ2v) is 9.20. The van der Waals surface area contributed by atoms with E-state index >= 15 is 0 Å². The highest BCUT2D eigenvalue weighted by atomic mass is 32.2. The summed E-state index contributed by atoms with van der Waals surface area (Å²) in [5, 5.41) is 13.4. The van der Waals surface area contributed by atoms with E-state index < -0.39 is 0 Å². The van der Waals surface area contributed by atoms with Gasteiger partial charge >= 0.3 is 0 Å². The standard InChI is InChI=1S/C21H22N8S2/c1-28-9-11-29(12-10-28)20-23-19(24-21(25-20)31-15-6-3-2-4-7-15)22-18-14-16(26-27-18)17-8-5-13-30-17/h2-8,13-14H,9-12H2,1H3,(H2,22,23,24,25,26,27). The molecule has 0 unspecified atom stereocenters. The summed E-state index contributed by atoms with van der Waals surface area (Å²) in [6, 6.07) is 16.2. The summed E-state index contributed by atoms with van der Waals surface area (Å²) in [6.45, 7) is 3.75. The number of nitrogens with one attached hydrogen (secondary N) is 2. The molecule has 0 saturated carbocycles. The number of piperazine rings is 1. The Hall–Kier alpha value is -2.95. The van der Waals surface area contributed by atoms with Gasteiger partial charge in [-0.2, -0.15) is 20.1 Å². The molecule has 0 spiro atoms. The van der Waals surface area contributed by atoms with Crippen molar-refractivity contribution in [2.24, 2.45) is 0 Å². The molecule has 1 saturated heterocycles. The van der Waals surface area contributed by atoms with Crippen LogP contribution in [0.2, 0.25) is 0 Å². The topological polar surface area (TPSA) is 85.9 Å². The SMILES string of the molecule is CN1CCN(c2nc(Nc3cc(-c4cccs4)[nH]n3)nc(Sc3ccccc3)n2)CC1. The molecular weight excluding hydrogens is 428 g/mol. The third-order valence-electron chi connectivity index (χ3n) is 4.95. The van der Waals surface area contributed by atoms with Gasteiger partial charge in [-0.15, -0.1) is 11.3 Å². The lowest BCUT2D eigenvalue weighted by Crippen LogP contribution is -2.45. The van der Waals surface area contributed by atoms with E-state index in [0.29, 0.717) is 22.9 Å². The summed E-state index contributed by atoms with van der Waals surface area (Å²) >= 11 is 3.19. The van der Waals surface area contributed by atoms with Crippen LogP contribution in [0, 0.1) is 0 Å². The Morgan fingerprint density at radius 2 is 1.84 bits per heavy atom. The van der Waals surface area contributed by atoms with Crippen molar-refractivity contribution in [3.8, 4) is 10.6 Å². The van der Waals surface area contributed by atoms with Crippen LogP contribution in [0.15, 0.2) is 64.0 Å². The highest BCUT2D eigenvalue weighted by Gasteiger charge is 2.19. The Morgan fingerprint density at radius 1 is 1.00 bits per heavy atom. The van der Waals surface area contributed by atoms with Gasteiger partial charge < -0.3 is 15.1 Å². The molecule has 4 aromatic rings. The number of hydrogen-bond acceptors (Lipinski definition) is 9. The van der Waals surface area contributed by atoms with Gasteiger partial charge in [-0.1, -0.05) is 24.3 Å². The fourth-order valence-corrected chi connectivity index (χ4v) is 4.70. The van der Waals surface area contributed by atoms with Gasteiger partial charge in [0.15, 0.2) is 11.0 Å². The molecule has 0 bridgehead atoms. The predicted octanol–water partition coefficient (Wildman–Crippen LogP) is 3.97. The van der Waals surface area contributed by atoms with Gasteiger partial charge in [-0.25, -0.2) is 0 Å². The van der Waals surface area contributed by atoms with Crippen LogP contribution in [-0.2, 0) is 0 Å². The van der Waals surface area contributed by atoms with Gasteiger partial charge in [0, 0.05) is 37.1 Å². The predicted molar refractivity (Wildman–Crippen MR) is 125 cm³/mol. The first kappa shape index (κ1) is 20.0. The molecule has 3 aromatic heterocycles. The number of aromatic amines is 1. The number of likely N-dealkylation sites (N-methyl/N-ethyl adjacent to an activating group) is 1. The van der Waals surface area contributed by atoms with Gasteiger partial charge in [0.1, 0.15) is 0 Å². The quantitative estimate of drug-likeness (QED) is 0.456. The fraction of sp³-hybridized carbons (Fsp3) is 0.238. The average molecular weight is 451 g/mol. The van der Waals surface area contributed by atoms with Crippen molar-refractivity contribution in [1.29, 1.82) is 0 Å². The average Bonchev–Trinajstić information content (AvgIpc) is 3.47. The molecule has 1 fully saturated rings. The minimum absolute atomic E-state index is 0.492. The molecular formula is C21H22N8S2. The van der Waals surface area contributed by atoms with Crippen molar-refractivity contribution in [2.75, 3.05) is 43.4 Å². The Kier molecular flexibility index (Phi) is 5.83. The van der Waals surface area contributed by atoms with Crippen LogP contribution in [0.5, 0.6) is 0 Å². The van der Waals surface area contributed by atoms with Crippen LogP contribution in [-0.4, -0.2) is 63.3 Å². The maximum absolute atomic E-state index is 4.75. The van der Waals surface area contributed by atoms with Crippen molar-refractivity contribution >= 4 is 40.8 Å². The molecule has 5 rings (SSSR count). The molecule has 2 N–H and O–H groups in total. The van der Waals surface area contributed by atoms with E-state index in [1.165, 1.54) is 11.8 Å². The van der Waals surface area contributed by atoms with Crippen LogP contribution in [0.1, 0.15) is 0 Å². The van der Waals surface area contributed by atoms with E-state index in [1.807, 2.05) is 35.7 Å². The highest BCUT2D eigenvalue weighted by Crippen LogP contribution is 2.28. The van der Waals surface area contributed by atoms with Crippen molar-refractivity contribution in [3.05, 3.63) is 53.9 Å². The van der Waals surface area contributed by atoms with Crippen molar-refractivity contribution in [2.45, 2.75) is 10.1 Å². The van der Waals surface area contributed by atoms with Crippen LogP contribution >= 0.6 is 23.1 Å². The molecule has 0 aliphatic carbocycles. The first-order valence-corrected chi connectivity index (χ1v) is 11.7. The summed E-state index contributed by atoms with van der Waals surface area (Å²) in [6.07, 6.45) is 0. The minimum Gasteiger partial charge on any atom is -0.338 e. The van der Waals surface area contributed by atoms with Crippen molar-refractivity contribution < 1.29 is 0 Å². The first-order chi connectivity index (χ1) is 15.2. The first-order valence-electron chi connectivity index (χ1n) is 10.0. The van der Waals surface area contributed by atoms with E-state index in [4.69, 9.17) is 9.97 Å². The number of nitrogens with zero attached hydrogens (tertiary/aromatic N) is 6. The minimum atomic E-state index is 0.492. The lowest BCUT2D eigenvalue weighted by molar-refractivity contribution is 0.311. The second-order valence-electron chi connectivity index (χ2n) is 7.22. The molecule has 8 nitrogen and oxygen atoms in total. The summed E-state index contributed by atoms with van der Waals surface area (Å²) in [4.78, 5) is 20.8. The van der Waals surface area contributed by atoms with Gasteiger partial charge in [-0.3, -0.25) is 5.10 Å². The lowest BCUT2D eigenvalue weighted by Gasteiger charge is -2.32. The third-order valence-corrected chi connectivity index (χ3v) is 6.72. The monoisotopic (exact) mass is 450 g/mol. The van der Waals surface area contributed by atoms with E-state index in [1.54, 1.807) is 11.3 Å². The number of H-pyrrole nitrogens is 1. The maximum atomic E-state index is 4.75. The lowest BCUT2D eigenvalue weighted by atomic mass is 10.3. The molecule has 10 heteroatoms. The third kappa shape index (κ3) is 4.87. The molecule has 1 aromatic carbocycles. The van der Waals surface area contributed by atoms with Gasteiger partial charge in [0.05, 0.1) is 10.6 Å². The summed E-state index contributed by atoms with van der Waals surface area (Å²) < 4.78 is 0. The normalized spacial score (nSPS) is 14.7. The number of benzene rings is 1. The molecule has 0 radical (unpaired) electrons. The summed E-state index contributed by atoms with van der Waals surface area (Å²) in [5.41, 5.74) is 0.963. The number of thiophene rings is 1. The Balaban J connectivity index is 1.42. The van der Waals surface area contributed by atoms with E-state index in [0.717, 1.165) is 41.6 Å². The zero-order valence-corrected chi connectivity index (χ0v) is 18.7. The number of hydrogen-bond donors (Lipinski definition) is 2. The second kappa shape index (κ2) is 9.04. The highest BCUT2D eigenvalue weighted by molar-refractivity contribution is 7.99. The van der Waals surface area contributed by atoms with E-state index in [-0.39, 0.29) is 0 Å². The molecule has 1 aliphatic rings. The number of anilines is 3. The van der Waals surface area contributed by atoms with E-state index in [2.05, 4.69) is 55.5 Å². The molecule has 1 aliphatic heterocycles. The zero-order valence-electron chi connectivity index (χ0n) is 17.0. The molecule has 0 atom stereocenters.